The van der Waals surface area contributed by atoms with Crippen LogP contribution >= 0.6 is 0 Å². The van der Waals surface area contributed by atoms with Crippen LogP contribution < -0.4 is 19.3 Å². The second kappa shape index (κ2) is 8.38. The van der Waals surface area contributed by atoms with Crippen LogP contribution in [0.2, 0.25) is 0 Å². The van der Waals surface area contributed by atoms with E-state index in [1.165, 1.54) is 0 Å². The summed E-state index contributed by atoms with van der Waals surface area (Å²) in [6.45, 7) is 4.63. The molecular formula is C21H26FN6O3+. The van der Waals surface area contributed by atoms with Crippen molar-refractivity contribution in [3.8, 4) is 11.6 Å². The van der Waals surface area contributed by atoms with Crippen molar-refractivity contribution in [2.75, 3.05) is 52.3 Å². The zero-order valence-electron chi connectivity index (χ0n) is 17.8. The number of halogens is 1. The Labute approximate surface area is 179 Å². The van der Waals surface area contributed by atoms with Crippen LogP contribution in [0.1, 0.15) is 6.92 Å². The molecule has 9 nitrogen and oxygen atoms in total. The highest BCUT2D eigenvalue weighted by Gasteiger charge is 2.35. The van der Waals surface area contributed by atoms with E-state index >= 15 is 4.39 Å². The molecule has 2 aromatic heterocycles. The predicted octanol–water partition coefficient (Wildman–Crippen LogP) is 2.66. The summed E-state index contributed by atoms with van der Waals surface area (Å²) in [6.07, 6.45) is 2.59. The van der Waals surface area contributed by atoms with E-state index in [2.05, 4.69) is 20.3 Å². The van der Waals surface area contributed by atoms with E-state index < -0.39 is 5.82 Å². The number of carbonyl (C=O) groups excluding carboxylic acids is 1. The number of nitrogens with one attached hydrogen (secondary N) is 2. The largest absolute Gasteiger partial charge is 0.496 e. The molecule has 0 atom stereocenters. The number of nitrogens with zero attached hydrogens (tertiary/aromatic N) is 4. The first kappa shape index (κ1) is 20.9. The van der Waals surface area contributed by atoms with Gasteiger partial charge in [0.25, 0.3) is 0 Å². The molecule has 1 aliphatic heterocycles. The zero-order valence-corrected chi connectivity index (χ0v) is 17.8. The number of hydrogen-bond acceptors (Lipinski definition) is 6. The summed E-state index contributed by atoms with van der Waals surface area (Å²) in [5.74, 6) is 0.742. The van der Waals surface area contributed by atoms with E-state index in [-0.39, 0.29) is 11.6 Å². The maximum absolute atomic E-state index is 15.7. The van der Waals surface area contributed by atoms with Crippen molar-refractivity contribution in [1.82, 2.24) is 24.3 Å². The Morgan fingerprint density at radius 2 is 2.10 bits per heavy atom. The summed E-state index contributed by atoms with van der Waals surface area (Å²) in [5.41, 5.74) is 1.28. The monoisotopic (exact) mass is 429 g/mol. The number of rotatable bonds is 7. The van der Waals surface area contributed by atoms with E-state index in [1.807, 2.05) is 20.0 Å². The van der Waals surface area contributed by atoms with E-state index in [0.717, 1.165) is 11.8 Å². The van der Waals surface area contributed by atoms with Crippen molar-refractivity contribution in [3.05, 3.63) is 30.2 Å². The number of quaternary nitrogens is 1. The minimum atomic E-state index is -0.406. The lowest BCUT2D eigenvalue weighted by molar-refractivity contribution is -0.119. The highest BCUT2D eigenvalue weighted by Crippen LogP contribution is 2.37. The summed E-state index contributed by atoms with van der Waals surface area (Å²) >= 11 is 0. The lowest BCUT2D eigenvalue weighted by Crippen LogP contribution is -2.58. The Morgan fingerprint density at radius 3 is 2.77 bits per heavy atom. The summed E-state index contributed by atoms with van der Waals surface area (Å²) in [5, 5.41) is 3.75. The van der Waals surface area contributed by atoms with Crippen LogP contribution in [-0.2, 0) is 4.79 Å². The number of amides is 1. The van der Waals surface area contributed by atoms with Gasteiger partial charge in [0.05, 0.1) is 44.9 Å². The van der Waals surface area contributed by atoms with Gasteiger partial charge in [-0.2, -0.15) is 14.4 Å². The average Bonchev–Trinajstić information content (AvgIpc) is 3.25. The Morgan fingerprint density at radius 1 is 1.32 bits per heavy atom. The molecule has 4 rings (SSSR count). The van der Waals surface area contributed by atoms with Crippen LogP contribution in [0.4, 0.5) is 21.7 Å². The topological polar surface area (TPSA) is 92.4 Å². The minimum absolute atomic E-state index is 0.208. The van der Waals surface area contributed by atoms with Gasteiger partial charge in [0.2, 0.25) is 24.1 Å². The number of hydrogen-bond donors (Lipinski definition) is 2. The van der Waals surface area contributed by atoms with Crippen molar-refractivity contribution in [2.24, 2.45) is 0 Å². The Kier molecular flexibility index (Phi) is 5.64. The number of methoxy groups -OCH3 is 1. The lowest BCUT2D eigenvalue weighted by Gasteiger charge is -2.40. The molecule has 31 heavy (non-hydrogen) atoms. The molecule has 0 saturated carbocycles. The van der Waals surface area contributed by atoms with Crippen molar-refractivity contribution in [3.63, 3.8) is 0 Å². The second-order valence-electron chi connectivity index (χ2n) is 7.64. The number of H-pyrrole nitrogens is 1. The van der Waals surface area contributed by atoms with E-state index in [1.54, 1.807) is 30.3 Å². The van der Waals surface area contributed by atoms with Gasteiger partial charge in [-0.1, -0.05) is 0 Å². The standard InChI is InChI=1S/C21H26FN6O3/c1-4-31-20-15-5-6-23-19(15)25-21(26-20)24-16-11-14(30-3)12-17(18(16)22)28(2)9-7-27(13-29)8-10-28/h5-6,11-13H,4,7-10H2,1-3H3,(H2,23,24,25,26)/q+1. The molecule has 2 N–H and O–H groups in total. The lowest BCUT2D eigenvalue weighted by atomic mass is 10.1. The van der Waals surface area contributed by atoms with Crippen LogP contribution in [0.25, 0.3) is 11.0 Å². The SMILES string of the molecule is CCOc1nc(Nc2cc(OC)cc([N+]3(C)CCN(C=O)CC3)c2F)nc2[nH]ccc12. The van der Waals surface area contributed by atoms with Gasteiger partial charge >= 0.3 is 0 Å². The molecule has 1 amide bonds. The molecule has 1 aromatic carbocycles. The normalized spacial score (nSPS) is 15.7. The molecule has 0 spiro atoms. The maximum Gasteiger partial charge on any atom is 0.232 e. The molecule has 0 bridgehead atoms. The molecular weight excluding hydrogens is 403 g/mol. The maximum atomic E-state index is 15.7. The van der Waals surface area contributed by atoms with Crippen LogP contribution in [0.15, 0.2) is 24.4 Å². The third kappa shape index (κ3) is 3.98. The molecule has 10 heteroatoms. The van der Waals surface area contributed by atoms with Gasteiger partial charge in [-0.25, -0.2) is 0 Å². The number of anilines is 2. The highest BCUT2D eigenvalue weighted by molar-refractivity contribution is 5.82. The minimum Gasteiger partial charge on any atom is -0.496 e. The molecule has 1 fully saturated rings. The van der Waals surface area contributed by atoms with Crippen molar-refractivity contribution >= 4 is 34.8 Å². The van der Waals surface area contributed by atoms with E-state index in [4.69, 9.17) is 9.47 Å². The van der Waals surface area contributed by atoms with Gasteiger partial charge in [0, 0.05) is 18.3 Å². The third-order valence-electron chi connectivity index (χ3n) is 5.66. The van der Waals surface area contributed by atoms with Gasteiger partial charge in [-0.05, 0) is 13.0 Å². The molecule has 0 aliphatic carbocycles. The molecule has 1 saturated heterocycles. The Bertz CT molecular complexity index is 1090. The Hall–Kier alpha value is -3.40. The van der Waals surface area contributed by atoms with Crippen LogP contribution in [0.3, 0.4) is 0 Å². The van der Waals surface area contributed by atoms with Gasteiger partial charge in [0.15, 0.2) is 5.69 Å². The zero-order chi connectivity index (χ0) is 22.0. The number of aromatic amines is 1. The number of aromatic nitrogens is 3. The van der Waals surface area contributed by atoms with Gasteiger partial charge in [-0.3, -0.25) is 9.28 Å². The van der Waals surface area contributed by atoms with Gasteiger partial charge in [0.1, 0.15) is 24.5 Å². The molecule has 0 radical (unpaired) electrons. The van der Waals surface area contributed by atoms with Crippen LogP contribution in [0, 0.1) is 5.82 Å². The van der Waals surface area contributed by atoms with Crippen molar-refractivity contribution in [2.45, 2.75) is 6.92 Å². The average molecular weight is 429 g/mol. The van der Waals surface area contributed by atoms with Crippen LogP contribution in [-0.4, -0.2) is 73.2 Å². The molecule has 0 unspecified atom stereocenters. The first-order valence-electron chi connectivity index (χ1n) is 10.1. The third-order valence-corrected chi connectivity index (χ3v) is 5.66. The van der Waals surface area contributed by atoms with Crippen molar-refractivity contribution < 1.29 is 18.7 Å². The highest BCUT2D eigenvalue weighted by atomic mass is 19.1. The molecule has 3 aromatic rings. The molecule has 164 valence electrons. The fourth-order valence-corrected chi connectivity index (χ4v) is 3.79. The first-order valence-corrected chi connectivity index (χ1v) is 10.1. The number of fused-ring (bicyclic) bond motifs is 1. The van der Waals surface area contributed by atoms with Gasteiger partial charge in [-0.15, -0.1) is 0 Å². The van der Waals surface area contributed by atoms with E-state index in [0.29, 0.717) is 60.2 Å². The molecule has 1 aliphatic rings. The predicted molar refractivity (Wildman–Crippen MR) is 116 cm³/mol. The summed E-state index contributed by atoms with van der Waals surface area (Å²) in [6, 6.07) is 5.12. The van der Waals surface area contributed by atoms with Crippen LogP contribution in [0.5, 0.6) is 11.6 Å². The Balaban J connectivity index is 1.72. The number of carbonyl (C=O) groups is 1. The fraction of sp³-hybridized carbons (Fsp3) is 0.381. The summed E-state index contributed by atoms with van der Waals surface area (Å²) in [4.78, 5) is 24.7. The van der Waals surface area contributed by atoms with Crippen molar-refractivity contribution in [1.29, 1.82) is 0 Å². The fourth-order valence-electron chi connectivity index (χ4n) is 3.79. The van der Waals surface area contributed by atoms with Gasteiger partial charge < -0.3 is 24.7 Å². The smallest absolute Gasteiger partial charge is 0.232 e. The molecule has 3 heterocycles. The summed E-state index contributed by atoms with van der Waals surface area (Å²) < 4.78 is 27.1. The number of likely N-dealkylation sites (N-methyl/N-ethyl adjacent to an activating group) is 1. The quantitative estimate of drug-likeness (QED) is 0.443. The number of piperazine rings is 1. The number of benzene rings is 1. The second-order valence-corrected chi connectivity index (χ2v) is 7.64. The van der Waals surface area contributed by atoms with E-state index in [9.17, 15) is 4.79 Å². The summed E-state index contributed by atoms with van der Waals surface area (Å²) in [7, 11) is 3.50. The first-order chi connectivity index (χ1) is 15.0. The number of ether oxygens (including phenoxy) is 2.